The number of methoxy groups -OCH3 is 1. The Labute approximate surface area is 106 Å². The Morgan fingerprint density at radius 3 is 2.83 bits per heavy atom. The molecule has 0 saturated heterocycles. The van der Waals surface area contributed by atoms with E-state index in [1.165, 1.54) is 7.11 Å². The number of nitrogens with zero attached hydrogens (tertiary/aromatic N) is 1. The first-order valence-electron chi connectivity index (χ1n) is 6.02. The van der Waals surface area contributed by atoms with E-state index >= 15 is 0 Å². The molecule has 5 nitrogen and oxygen atoms in total. The standard InChI is InChI=1S/C13H18N2O3/c1-18-13(17)11-8-9(14)2-5-12(11)15(6-7-16)10-3-4-10/h2,5,8,10,16H,3-4,6-7,14H2,1H3. The summed E-state index contributed by atoms with van der Waals surface area (Å²) in [4.78, 5) is 13.8. The van der Waals surface area contributed by atoms with E-state index in [-0.39, 0.29) is 6.61 Å². The number of rotatable bonds is 5. The van der Waals surface area contributed by atoms with Gasteiger partial charge in [-0.1, -0.05) is 0 Å². The molecule has 98 valence electrons. The Balaban J connectivity index is 2.37. The number of esters is 1. The molecule has 0 unspecified atom stereocenters. The lowest BCUT2D eigenvalue weighted by Gasteiger charge is -2.25. The first-order valence-corrected chi connectivity index (χ1v) is 6.02. The summed E-state index contributed by atoms with van der Waals surface area (Å²) in [6, 6.07) is 5.60. The second-order valence-corrected chi connectivity index (χ2v) is 4.42. The number of aliphatic hydroxyl groups excluding tert-OH is 1. The summed E-state index contributed by atoms with van der Waals surface area (Å²) >= 11 is 0. The third kappa shape index (κ3) is 2.56. The van der Waals surface area contributed by atoms with E-state index in [0.29, 0.717) is 23.8 Å². The van der Waals surface area contributed by atoms with E-state index < -0.39 is 5.97 Å². The van der Waals surface area contributed by atoms with Crippen molar-refractivity contribution in [3.63, 3.8) is 0 Å². The van der Waals surface area contributed by atoms with Crippen LogP contribution in [0.3, 0.4) is 0 Å². The average Bonchev–Trinajstić information content (AvgIpc) is 3.19. The Hall–Kier alpha value is -1.75. The van der Waals surface area contributed by atoms with Crippen LogP contribution < -0.4 is 10.6 Å². The molecule has 0 radical (unpaired) electrons. The van der Waals surface area contributed by atoms with Crippen LogP contribution in [0.1, 0.15) is 23.2 Å². The van der Waals surface area contributed by atoms with Crippen molar-refractivity contribution in [3.05, 3.63) is 23.8 Å². The van der Waals surface area contributed by atoms with Crippen molar-refractivity contribution in [1.82, 2.24) is 0 Å². The summed E-state index contributed by atoms with van der Waals surface area (Å²) in [5, 5.41) is 9.13. The number of ether oxygens (including phenoxy) is 1. The van der Waals surface area contributed by atoms with Gasteiger partial charge in [0.25, 0.3) is 0 Å². The molecular weight excluding hydrogens is 232 g/mol. The van der Waals surface area contributed by atoms with Crippen molar-refractivity contribution >= 4 is 17.3 Å². The molecule has 1 aromatic carbocycles. The molecule has 1 fully saturated rings. The predicted molar refractivity (Wildman–Crippen MR) is 69.6 cm³/mol. The van der Waals surface area contributed by atoms with Crippen LogP contribution in [0.2, 0.25) is 0 Å². The molecule has 18 heavy (non-hydrogen) atoms. The Morgan fingerprint density at radius 2 is 2.28 bits per heavy atom. The van der Waals surface area contributed by atoms with Crippen LogP contribution in [0.4, 0.5) is 11.4 Å². The summed E-state index contributed by atoms with van der Waals surface area (Å²) in [6.07, 6.45) is 2.18. The minimum atomic E-state index is -0.402. The zero-order chi connectivity index (χ0) is 13.1. The first kappa shape index (κ1) is 12.7. The van der Waals surface area contributed by atoms with Gasteiger partial charge in [-0.15, -0.1) is 0 Å². The Bertz CT molecular complexity index is 444. The second kappa shape index (κ2) is 5.27. The fourth-order valence-electron chi connectivity index (χ4n) is 2.07. The fraction of sp³-hybridized carbons (Fsp3) is 0.462. The highest BCUT2D eigenvalue weighted by molar-refractivity contribution is 5.97. The highest BCUT2D eigenvalue weighted by atomic mass is 16.5. The predicted octanol–water partition coefficient (Wildman–Crippen LogP) is 1.02. The molecule has 0 aromatic heterocycles. The van der Waals surface area contributed by atoms with Gasteiger partial charge in [0.05, 0.1) is 25.0 Å². The van der Waals surface area contributed by atoms with Crippen LogP contribution in [-0.4, -0.2) is 37.4 Å². The molecular formula is C13H18N2O3. The van der Waals surface area contributed by atoms with Gasteiger partial charge in [0.2, 0.25) is 0 Å². The summed E-state index contributed by atoms with van der Waals surface area (Å²) < 4.78 is 4.78. The lowest BCUT2D eigenvalue weighted by molar-refractivity contribution is 0.0601. The summed E-state index contributed by atoms with van der Waals surface area (Å²) in [5.41, 5.74) is 7.48. The molecule has 1 aliphatic carbocycles. The SMILES string of the molecule is COC(=O)c1cc(N)ccc1N(CCO)C1CC1. The highest BCUT2D eigenvalue weighted by Gasteiger charge is 2.31. The number of anilines is 2. The van der Waals surface area contributed by atoms with E-state index in [2.05, 4.69) is 0 Å². The number of nitrogen functional groups attached to an aromatic ring is 1. The molecule has 1 aliphatic rings. The van der Waals surface area contributed by atoms with Crippen LogP contribution >= 0.6 is 0 Å². The van der Waals surface area contributed by atoms with Crippen molar-refractivity contribution in [2.24, 2.45) is 0 Å². The molecule has 0 aliphatic heterocycles. The normalized spacial score (nSPS) is 14.3. The molecule has 0 amide bonds. The van der Waals surface area contributed by atoms with Gasteiger partial charge < -0.3 is 20.5 Å². The topological polar surface area (TPSA) is 75.8 Å². The molecule has 3 N–H and O–H groups in total. The number of carbonyl (C=O) groups excluding carboxylic acids is 1. The van der Waals surface area contributed by atoms with Gasteiger partial charge >= 0.3 is 5.97 Å². The van der Waals surface area contributed by atoms with E-state index in [1.54, 1.807) is 12.1 Å². The fourth-order valence-corrected chi connectivity index (χ4v) is 2.07. The zero-order valence-corrected chi connectivity index (χ0v) is 10.4. The van der Waals surface area contributed by atoms with Crippen molar-refractivity contribution in [3.8, 4) is 0 Å². The highest BCUT2D eigenvalue weighted by Crippen LogP contribution is 2.34. The van der Waals surface area contributed by atoms with Gasteiger partial charge in [-0.05, 0) is 31.0 Å². The van der Waals surface area contributed by atoms with Crippen molar-refractivity contribution in [2.45, 2.75) is 18.9 Å². The number of hydrogen-bond acceptors (Lipinski definition) is 5. The molecule has 1 saturated carbocycles. The lowest BCUT2D eigenvalue weighted by Crippen LogP contribution is -2.30. The smallest absolute Gasteiger partial charge is 0.340 e. The monoisotopic (exact) mass is 250 g/mol. The maximum Gasteiger partial charge on any atom is 0.340 e. The second-order valence-electron chi connectivity index (χ2n) is 4.42. The number of benzene rings is 1. The van der Waals surface area contributed by atoms with Crippen LogP contribution in [0.15, 0.2) is 18.2 Å². The van der Waals surface area contributed by atoms with Gasteiger partial charge in [0, 0.05) is 18.3 Å². The van der Waals surface area contributed by atoms with Crippen molar-refractivity contribution in [2.75, 3.05) is 30.9 Å². The van der Waals surface area contributed by atoms with Gasteiger partial charge in [0.1, 0.15) is 0 Å². The summed E-state index contributed by atoms with van der Waals surface area (Å²) in [6.45, 7) is 0.570. The minimum absolute atomic E-state index is 0.0570. The Kier molecular flexibility index (Phi) is 3.72. The lowest BCUT2D eigenvalue weighted by atomic mass is 10.1. The quantitative estimate of drug-likeness (QED) is 0.602. The number of aliphatic hydroxyl groups is 1. The zero-order valence-electron chi connectivity index (χ0n) is 10.4. The summed E-state index contributed by atoms with van der Waals surface area (Å²) in [7, 11) is 1.35. The maximum absolute atomic E-state index is 11.8. The molecule has 5 heteroatoms. The number of nitrogens with two attached hydrogens (primary N) is 1. The van der Waals surface area contributed by atoms with Crippen molar-refractivity contribution < 1.29 is 14.6 Å². The van der Waals surface area contributed by atoms with Crippen LogP contribution in [0.5, 0.6) is 0 Å². The third-order valence-corrected chi connectivity index (χ3v) is 3.06. The van der Waals surface area contributed by atoms with Gasteiger partial charge in [0.15, 0.2) is 0 Å². The van der Waals surface area contributed by atoms with E-state index in [9.17, 15) is 4.79 Å². The van der Waals surface area contributed by atoms with E-state index in [4.69, 9.17) is 15.6 Å². The third-order valence-electron chi connectivity index (χ3n) is 3.06. The van der Waals surface area contributed by atoms with Crippen LogP contribution in [-0.2, 0) is 4.74 Å². The first-order chi connectivity index (χ1) is 8.67. The largest absolute Gasteiger partial charge is 0.465 e. The van der Waals surface area contributed by atoms with Crippen LogP contribution in [0.25, 0.3) is 0 Å². The van der Waals surface area contributed by atoms with E-state index in [0.717, 1.165) is 18.5 Å². The Morgan fingerprint density at radius 1 is 1.56 bits per heavy atom. The molecule has 0 atom stereocenters. The number of hydrogen-bond donors (Lipinski definition) is 2. The molecule has 0 spiro atoms. The average molecular weight is 250 g/mol. The minimum Gasteiger partial charge on any atom is -0.465 e. The van der Waals surface area contributed by atoms with Crippen LogP contribution in [0, 0.1) is 0 Å². The van der Waals surface area contributed by atoms with Gasteiger partial charge in [-0.25, -0.2) is 4.79 Å². The molecule has 2 rings (SSSR count). The van der Waals surface area contributed by atoms with Crippen molar-refractivity contribution in [1.29, 1.82) is 0 Å². The maximum atomic E-state index is 11.8. The van der Waals surface area contributed by atoms with Gasteiger partial charge in [-0.3, -0.25) is 0 Å². The molecule has 0 bridgehead atoms. The molecule has 1 aromatic rings. The summed E-state index contributed by atoms with van der Waals surface area (Å²) in [5.74, 6) is -0.402. The van der Waals surface area contributed by atoms with E-state index in [1.807, 2.05) is 11.0 Å². The molecule has 0 heterocycles. The number of carbonyl (C=O) groups is 1. The van der Waals surface area contributed by atoms with Gasteiger partial charge in [-0.2, -0.15) is 0 Å².